The molecule has 2 fully saturated rings. The highest BCUT2D eigenvalue weighted by atomic mass is 16.5. The van der Waals surface area contributed by atoms with E-state index < -0.39 is 58.9 Å². The Bertz CT molecular complexity index is 1470. The molecule has 3 amide bonds. The quantitative estimate of drug-likeness (QED) is 0.440. The van der Waals surface area contributed by atoms with Crippen LogP contribution in [0.3, 0.4) is 0 Å². The third kappa shape index (κ3) is 6.23. The number of aliphatic carboxylic acids is 1. The Morgan fingerprint density at radius 1 is 1.23 bits per heavy atom. The van der Waals surface area contributed by atoms with Crippen molar-refractivity contribution in [3.63, 3.8) is 0 Å². The van der Waals surface area contributed by atoms with Gasteiger partial charge in [-0.2, -0.15) is 0 Å². The molecule has 6 atom stereocenters. The van der Waals surface area contributed by atoms with E-state index in [4.69, 9.17) is 9.47 Å². The number of carbonyl (C=O) groups excluding carboxylic acids is 3. The molecule has 1 aromatic heterocycles. The normalized spacial score (nSPS) is 29.5. The molecular weight excluding hydrogens is 564 g/mol. The van der Waals surface area contributed by atoms with Crippen LogP contribution in [0.25, 0.3) is 10.8 Å². The Hall–Kier alpha value is -4.15. The van der Waals surface area contributed by atoms with Crippen LogP contribution in [0.5, 0.6) is 5.88 Å². The molecule has 1 aromatic carbocycles. The summed E-state index contributed by atoms with van der Waals surface area (Å²) in [5.41, 5.74) is -1.06. The third-order valence-corrected chi connectivity index (χ3v) is 9.12. The summed E-state index contributed by atoms with van der Waals surface area (Å²) in [6.07, 6.45) is 4.61. The number of amides is 3. The first-order chi connectivity index (χ1) is 20.8. The maximum absolute atomic E-state index is 14.2. The number of rotatable bonds is 4. The van der Waals surface area contributed by atoms with Gasteiger partial charge in [-0.05, 0) is 60.1 Å². The number of benzene rings is 1. The number of carboxylic acids is 1. The molecule has 0 radical (unpaired) electrons. The highest BCUT2D eigenvalue weighted by molar-refractivity contribution is 5.96. The molecule has 44 heavy (non-hydrogen) atoms. The number of ether oxygens (including phenoxy) is 2. The van der Waals surface area contributed by atoms with Crippen LogP contribution in [0.4, 0.5) is 4.79 Å². The summed E-state index contributed by atoms with van der Waals surface area (Å²) in [4.78, 5) is 58.8. The molecule has 3 aliphatic rings. The van der Waals surface area contributed by atoms with E-state index in [1.807, 2.05) is 32.9 Å². The molecule has 11 nitrogen and oxygen atoms in total. The summed E-state index contributed by atoms with van der Waals surface area (Å²) < 4.78 is 11.9. The van der Waals surface area contributed by atoms with Crippen molar-refractivity contribution in [1.82, 2.24) is 20.5 Å². The summed E-state index contributed by atoms with van der Waals surface area (Å²) in [5.74, 6) is -2.00. The van der Waals surface area contributed by atoms with Crippen molar-refractivity contribution in [2.45, 2.75) is 89.4 Å². The van der Waals surface area contributed by atoms with Crippen molar-refractivity contribution in [3.8, 4) is 5.88 Å². The topological polar surface area (TPSA) is 147 Å². The van der Waals surface area contributed by atoms with Crippen LogP contribution in [0.2, 0.25) is 0 Å². The Morgan fingerprint density at radius 3 is 2.68 bits per heavy atom. The van der Waals surface area contributed by atoms with E-state index in [9.17, 15) is 24.3 Å². The zero-order chi connectivity index (χ0) is 31.8. The van der Waals surface area contributed by atoms with Crippen LogP contribution < -0.4 is 15.4 Å². The number of hydrogen-bond donors (Lipinski definition) is 3. The molecule has 1 saturated heterocycles. The molecule has 1 saturated carbocycles. The van der Waals surface area contributed by atoms with E-state index in [1.54, 1.807) is 6.20 Å². The van der Waals surface area contributed by atoms with Crippen molar-refractivity contribution in [3.05, 3.63) is 48.7 Å². The predicted octanol–water partition coefficient (Wildman–Crippen LogP) is 4.16. The van der Waals surface area contributed by atoms with Crippen LogP contribution in [0.1, 0.15) is 71.3 Å². The minimum absolute atomic E-state index is 0.0410. The van der Waals surface area contributed by atoms with E-state index in [-0.39, 0.29) is 31.9 Å². The van der Waals surface area contributed by atoms with E-state index in [0.29, 0.717) is 12.3 Å². The van der Waals surface area contributed by atoms with E-state index in [0.717, 1.165) is 29.2 Å². The fraction of sp³-hybridized carbons (Fsp3) is 0.545. The van der Waals surface area contributed by atoms with Gasteiger partial charge in [-0.15, -0.1) is 6.58 Å². The number of nitrogens with zero attached hydrogens (tertiary/aromatic N) is 2. The Labute approximate surface area is 257 Å². The highest BCUT2D eigenvalue weighted by Gasteiger charge is 2.61. The first-order valence-electron chi connectivity index (χ1n) is 15.3. The van der Waals surface area contributed by atoms with Gasteiger partial charge in [0.15, 0.2) is 0 Å². The van der Waals surface area contributed by atoms with Crippen LogP contribution >= 0.6 is 0 Å². The fourth-order valence-electron chi connectivity index (χ4n) is 6.27. The van der Waals surface area contributed by atoms with Gasteiger partial charge >= 0.3 is 12.1 Å². The molecular formula is C33H42N4O7. The third-order valence-electron chi connectivity index (χ3n) is 9.12. The van der Waals surface area contributed by atoms with E-state index in [2.05, 4.69) is 41.3 Å². The number of nitrogens with one attached hydrogen (secondary N) is 2. The molecule has 2 aromatic rings. The molecule has 0 unspecified atom stereocenters. The molecule has 1 aliphatic carbocycles. The lowest BCUT2D eigenvalue weighted by molar-refractivity contribution is -0.146. The lowest BCUT2D eigenvalue weighted by atomic mass is 9.85. The van der Waals surface area contributed by atoms with Gasteiger partial charge in [0.1, 0.15) is 23.7 Å². The summed E-state index contributed by atoms with van der Waals surface area (Å²) in [6, 6.07) is 6.06. The largest absolute Gasteiger partial charge is 0.479 e. The Kier molecular flexibility index (Phi) is 8.59. The number of hydrogen-bond acceptors (Lipinski definition) is 7. The van der Waals surface area contributed by atoms with Gasteiger partial charge in [-0.25, -0.2) is 14.6 Å². The highest BCUT2D eigenvalue weighted by Crippen LogP contribution is 2.45. The standard InChI is InChI=1S/C33H42N4O7/c1-6-22-17-33(22,30(40)41)36-27(38)25-16-23-18-37(25)29(39)26(32(3,4)5)35-31(42)43-14-8-7-9-19(2)21-11-10-20-12-13-34-28(44-23)24(20)15-21/h6,10-13,15,19,22-23,25-26H,1,7-9,14,16-18H2,2-5H3,(H,35,42)(H,36,38)(H,40,41)/t19-,22-,23-,25+,26-,33-/m1/s1. The molecule has 3 heterocycles. The fourth-order valence-corrected chi connectivity index (χ4v) is 6.27. The molecule has 4 bridgehead atoms. The second-order valence-corrected chi connectivity index (χ2v) is 13.4. The number of cyclic esters (lactones) is 1. The minimum atomic E-state index is -1.46. The first kappa shape index (κ1) is 31.3. The summed E-state index contributed by atoms with van der Waals surface area (Å²) >= 11 is 0. The van der Waals surface area contributed by atoms with Gasteiger partial charge in [0, 0.05) is 23.9 Å². The Morgan fingerprint density at radius 2 is 2.00 bits per heavy atom. The van der Waals surface area contributed by atoms with Crippen molar-refractivity contribution < 1.29 is 33.8 Å². The number of fused-ring (bicyclic) bond motifs is 3. The monoisotopic (exact) mass is 606 g/mol. The lowest BCUT2D eigenvalue weighted by Crippen LogP contribution is -2.59. The van der Waals surface area contributed by atoms with Gasteiger partial charge in [0.25, 0.3) is 0 Å². The smallest absolute Gasteiger partial charge is 0.407 e. The molecule has 2 aliphatic heterocycles. The second kappa shape index (κ2) is 12.1. The van der Waals surface area contributed by atoms with Crippen molar-refractivity contribution in [1.29, 1.82) is 0 Å². The summed E-state index contributed by atoms with van der Waals surface area (Å²) in [5, 5.41) is 17.1. The molecule has 11 heteroatoms. The van der Waals surface area contributed by atoms with E-state index in [1.165, 1.54) is 11.0 Å². The van der Waals surface area contributed by atoms with Crippen LogP contribution in [-0.2, 0) is 19.1 Å². The van der Waals surface area contributed by atoms with Gasteiger partial charge in [0.05, 0.1) is 13.2 Å². The average Bonchev–Trinajstić information content (AvgIpc) is 3.53. The molecule has 5 rings (SSSR count). The van der Waals surface area contributed by atoms with Crippen LogP contribution in [0.15, 0.2) is 43.1 Å². The number of alkyl carbamates (subject to hydrolysis) is 1. The number of carboxylic acid groups (broad SMARTS) is 1. The molecule has 3 N–H and O–H groups in total. The maximum Gasteiger partial charge on any atom is 0.407 e. The Balaban J connectivity index is 1.51. The minimum Gasteiger partial charge on any atom is -0.479 e. The lowest BCUT2D eigenvalue weighted by Gasteiger charge is -2.35. The molecule has 236 valence electrons. The van der Waals surface area contributed by atoms with Gasteiger partial charge in [-0.3, -0.25) is 9.59 Å². The van der Waals surface area contributed by atoms with Gasteiger partial charge in [0.2, 0.25) is 17.7 Å². The predicted molar refractivity (Wildman–Crippen MR) is 163 cm³/mol. The number of pyridine rings is 1. The van der Waals surface area contributed by atoms with Gasteiger partial charge < -0.3 is 30.1 Å². The average molecular weight is 607 g/mol. The van der Waals surface area contributed by atoms with Crippen LogP contribution in [-0.4, -0.2) is 75.7 Å². The SMILES string of the molecule is C=C[C@@H]1C[C@]1(NC(=O)[C@@H]1C[C@@H]2CN1C(=O)[C@H](C(C)(C)C)NC(=O)OCCCC[C@@H](C)c1ccc3ccnc(c3c1)O2)C(=O)O. The second-order valence-electron chi connectivity index (χ2n) is 13.4. The number of aromatic nitrogens is 1. The van der Waals surface area contributed by atoms with Gasteiger partial charge in [-0.1, -0.05) is 45.9 Å². The van der Waals surface area contributed by atoms with Crippen molar-refractivity contribution in [2.75, 3.05) is 13.2 Å². The van der Waals surface area contributed by atoms with E-state index >= 15 is 0 Å². The summed E-state index contributed by atoms with van der Waals surface area (Å²) in [6.45, 7) is 11.6. The van der Waals surface area contributed by atoms with Crippen molar-refractivity contribution in [2.24, 2.45) is 11.3 Å². The first-order valence-corrected chi connectivity index (χ1v) is 15.3. The zero-order valence-corrected chi connectivity index (χ0v) is 25.8. The van der Waals surface area contributed by atoms with Crippen molar-refractivity contribution >= 4 is 34.6 Å². The zero-order valence-electron chi connectivity index (χ0n) is 25.8. The maximum atomic E-state index is 14.2. The van der Waals surface area contributed by atoms with Crippen LogP contribution in [0, 0.1) is 11.3 Å². The summed E-state index contributed by atoms with van der Waals surface area (Å²) in [7, 11) is 0. The molecule has 0 spiro atoms. The number of carbonyl (C=O) groups is 4.